The zero-order valence-corrected chi connectivity index (χ0v) is 15.7. The number of aromatic nitrogens is 1. The highest BCUT2D eigenvalue weighted by Crippen LogP contribution is 2.35. The maximum atomic E-state index is 10.9. The first-order valence-corrected chi connectivity index (χ1v) is 9.31. The zero-order valence-electron chi connectivity index (χ0n) is 15.7. The molecule has 0 spiro atoms. The van der Waals surface area contributed by atoms with Gasteiger partial charge in [0.05, 0.1) is 11.8 Å². The molecule has 2 heteroatoms. The average molecular weight is 353 g/mol. The maximum Gasteiger partial charge on any atom is 0.0851 e. The van der Waals surface area contributed by atoms with Crippen LogP contribution in [0.25, 0.3) is 22.0 Å². The Hall–Kier alpha value is -2.97. The van der Waals surface area contributed by atoms with E-state index in [2.05, 4.69) is 44.2 Å². The summed E-state index contributed by atoms with van der Waals surface area (Å²) in [7, 11) is 0. The molecule has 0 aliphatic heterocycles. The van der Waals surface area contributed by atoms with Gasteiger partial charge in [-0.15, -0.1) is 0 Å². The predicted molar refractivity (Wildman–Crippen MR) is 112 cm³/mol. The Morgan fingerprint density at radius 1 is 0.778 bits per heavy atom. The van der Waals surface area contributed by atoms with Crippen molar-refractivity contribution in [3.05, 3.63) is 101 Å². The Morgan fingerprint density at radius 2 is 1.41 bits per heavy atom. The van der Waals surface area contributed by atoms with E-state index in [0.29, 0.717) is 6.42 Å². The fraction of sp³-hybridized carbons (Fsp3) is 0.160. The molecule has 1 heterocycles. The van der Waals surface area contributed by atoms with Crippen molar-refractivity contribution in [1.82, 2.24) is 4.98 Å². The van der Waals surface area contributed by atoms with Gasteiger partial charge in [-0.05, 0) is 35.9 Å². The molecule has 0 saturated carbocycles. The number of aliphatic hydroxyl groups excluding tert-OH is 1. The Bertz CT molecular complexity index is 1070. The quantitative estimate of drug-likeness (QED) is 0.503. The Balaban J connectivity index is 1.84. The van der Waals surface area contributed by atoms with Gasteiger partial charge in [-0.1, -0.05) is 72.8 Å². The van der Waals surface area contributed by atoms with Crippen LogP contribution in [0.4, 0.5) is 0 Å². The van der Waals surface area contributed by atoms with Crippen LogP contribution in [0.15, 0.2) is 79.0 Å². The first-order valence-electron chi connectivity index (χ1n) is 9.31. The van der Waals surface area contributed by atoms with Crippen molar-refractivity contribution >= 4 is 10.8 Å². The van der Waals surface area contributed by atoms with Crippen LogP contribution in [0, 0.1) is 13.8 Å². The third-order valence-electron chi connectivity index (χ3n) is 5.17. The molecular formula is C25H23NO. The molecule has 27 heavy (non-hydrogen) atoms. The van der Waals surface area contributed by atoms with E-state index in [4.69, 9.17) is 4.98 Å². The summed E-state index contributed by atoms with van der Waals surface area (Å²) in [5.41, 5.74) is 6.59. The molecule has 0 amide bonds. The van der Waals surface area contributed by atoms with Crippen LogP contribution >= 0.6 is 0 Å². The normalized spacial score (nSPS) is 12.3. The van der Waals surface area contributed by atoms with Crippen molar-refractivity contribution in [2.24, 2.45) is 0 Å². The summed E-state index contributed by atoms with van der Waals surface area (Å²) < 4.78 is 0. The molecule has 0 bridgehead atoms. The fourth-order valence-corrected chi connectivity index (χ4v) is 3.81. The van der Waals surface area contributed by atoms with E-state index in [-0.39, 0.29) is 0 Å². The second-order valence-electron chi connectivity index (χ2n) is 7.08. The number of hydrogen-bond donors (Lipinski definition) is 1. The molecule has 0 fully saturated rings. The van der Waals surface area contributed by atoms with Crippen LogP contribution in [-0.4, -0.2) is 10.1 Å². The van der Waals surface area contributed by atoms with Gasteiger partial charge in [0.15, 0.2) is 0 Å². The van der Waals surface area contributed by atoms with Gasteiger partial charge in [0.25, 0.3) is 0 Å². The topological polar surface area (TPSA) is 33.1 Å². The molecule has 3 aromatic carbocycles. The van der Waals surface area contributed by atoms with Crippen LogP contribution in [-0.2, 0) is 6.42 Å². The number of hydrogen-bond acceptors (Lipinski definition) is 2. The highest BCUT2D eigenvalue weighted by molar-refractivity contribution is 5.97. The van der Waals surface area contributed by atoms with E-state index in [1.54, 1.807) is 0 Å². The van der Waals surface area contributed by atoms with Gasteiger partial charge in [0.2, 0.25) is 0 Å². The van der Waals surface area contributed by atoms with Gasteiger partial charge in [-0.25, -0.2) is 0 Å². The van der Waals surface area contributed by atoms with Gasteiger partial charge < -0.3 is 5.11 Å². The summed E-state index contributed by atoms with van der Waals surface area (Å²) in [5, 5.41) is 13.0. The third-order valence-corrected chi connectivity index (χ3v) is 5.17. The van der Waals surface area contributed by atoms with Crippen LogP contribution in [0.3, 0.4) is 0 Å². The molecule has 4 aromatic rings. The smallest absolute Gasteiger partial charge is 0.0851 e. The molecule has 1 unspecified atom stereocenters. The van der Waals surface area contributed by atoms with E-state index in [1.807, 2.05) is 48.7 Å². The van der Waals surface area contributed by atoms with Gasteiger partial charge in [0.1, 0.15) is 0 Å². The van der Waals surface area contributed by atoms with Crippen molar-refractivity contribution < 1.29 is 5.11 Å². The minimum atomic E-state index is -0.586. The summed E-state index contributed by atoms with van der Waals surface area (Å²) in [5.74, 6) is 0. The van der Waals surface area contributed by atoms with Crippen molar-refractivity contribution in [2.45, 2.75) is 26.4 Å². The molecular weight excluding hydrogens is 330 g/mol. The molecule has 4 rings (SSSR count). The minimum absolute atomic E-state index is 0.579. The van der Waals surface area contributed by atoms with Crippen molar-refractivity contribution in [2.75, 3.05) is 0 Å². The molecule has 1 aromatic heterocycles. The van der Waals surface area contributed by atoms with Crippen molar-refractivity contribution in [3.8, 4) is 11.3 Å². The number of aliphatic hydroxyl groups is 1. The summed E-state index contributed by atoms with van der Waals surface area (Å²) in [6.45, 7) is 4.24. The number of pyridine rings is 1. The Morgan fingerprint density at radius 3 is 2.11 bits per heavy atom. The van der Waals surface area contributed by atoms with Gasteiger partial charge >= 0.3 is 0 Å². The molecule has 0 radical (unpaired) electrons. The van der Waals surface area contributed by atoms with Crippen LogP contribution in [0.1, 0.15) is 28.4 Å². The number of rotatable bonds is 4. The zero-order chi connectivity index (χ0) is 18.8. The lowest BCUT2D eigenvalue weighted by molar-refractivity contribution is 0.179. The van der Waals surface area contributed by atoms with E-state index >= 15 is 0 Å². The monoisotopic (exact) mass is 353 g/mol. The molecule has 0 aliphatic rings. The molecule has 0 saturated heterocycles. The summed E-state index contributed by atoms with van der Waals surface area (Å²) >= 11 is 0. The molecule has 0 aliphatic carbocycles. The van der Waals surface area contributed by atoms with Crippen molar-refractivity contribution in [3.63, 3.8) is 0 Å². The standard InChI is InChI=1S/C25H23NO/c1-17-9-8-10-18(2)24(17)25-21-14-7-6-13-20(21)22(16-26-25)23(27)15-19-11-4-3-5-12-19/h3-14,16,23,27H,15H2,1-2H3. The second-order valence-corrected chi connectivity index (χ2v) is 7.08. The lowest BCUT2D eigenvalue weighted by Gasteiger charge is -2.17. The first kappa shape index (κ1) is 17.4. The van der Waals surface area contributed by atoms with Gasteiger partial charge in [0, 0.05) is 29.1 Å². The van der Waals surface area contributed by atoms with Crippen LogP contribution in [0.5, 0.6) is 0 Å². The van der Waals surface area contributed by atoms with Crippen molar-refractivity contribution in [1.29, 1.82) is 0 Å². The Labute approximate surface area is 160 Å². The lowest BCUT2D eigenvalue weighted by atomic mass is 9.92. The van der Waals surface area contributed by atoms with Crippen LogP contribution < -0.4 is 0 Å². The summed E-state index contributed by atoms with van der Waals surface area (Å²) in [6, 6.07) is 24.6. The fourth-order valence-electron chi connectivity index (χ4n) is 3.81. The van der Waals surface area contributed by atoms with Crippen LogP contribution in [0.2, 0.25) is 0 Å². The predicted octanol–water partition coefficient (Wildman–Crippen LogP) is 5.79. The maximum absolute atomic E-state index is 10.9. The van der Waals surface area contributed by atoms with E-state index in [1.165, 1.54) is 16.7 Å². The number of aryl methyl sites for hydroxylation is 2. The summed E-state index contributed by atoms with van der Waals surface area (Å²) in [6.07, 6.45) is 1.84. The third kappa shape index (κ3) is 3.36. The summed E-state index contributed by atoms with van der Waals surface area (Å²) in [4.78, 5) is 4.80. The average Bonchev–Trinajstić information content (AvgIpc) is 2.68. The molecule has 1 atom stereocenters. The highest BCUT2D eigenvalue weighted by atomic mass is 16.3. The van der Waals surface area contributed by atoms with E-state index < -0.39 is 6.10 Å². The largest absolute Gasteiger partial charge is 0.388 e. The highest BCUT2D eigenvalue weighted by Gasteiger charge is 2.17. The SMILES string of the molecule is Cc1cccc(C)c1-c1ncc(C(O)Cc2ccccc2)c2ccccc12. The number of nitrogens with zero attached hydrogens (tertiary/aromatic N) is 1. The second kappa shape index (κ2) is 7.34. The molecule has 1 N–H and O–H groups in total. The Kier molecular flexibility index (Phi) is 4.74. The number of benzene rings is 3. The van der Waals surface area contributed by atoms with E-state index in [9.17, 15) is 5.11 Å². The number of fused-ring (bicyclic) bond motifs is 1. The van der Waals surface area contributed by atoms with Gasteiger partial charge in [-0.3, -0.25) is 4.98 Å². The minimum Gasteiger partial charge on any atom is -0.388 e. The van der Waals surface area contributed by atoms with Gasteiger partial charge in [-0.2, -0.15) is 0 Å². The molecule has 2 nitrogen and oxygen atoms in total. The van der Waals surface area contributed by atoms with E-state index in [0.717, 1.165) is 27.6 Å². The molecule has 134 valence electrons. The lowest BCUT2D eigenvalue weighted by Crippen LogP contribution is -2.04. The first-order chi connectivity index (χ1) is 13.1.